The van der Waals surface area contributed by atoms with E-state index < -0.39 is 5.91 Å². The Morgan fingerprint density at radius 1 is 1.38 bits per heavy atom. The summed E-state index contributed by atoms with van der Waals surface area (Å²) in [5, 5.41) is 10.8. The summed E-state index contributed by atoms with van der Waals surface area (Å²) < 4.78 is 26.2. The number of hydrogen-bond acceptors (Lipinski definition) is 5. The molecule has 29 heavy (non-hydrogen) atoms. The van der Waals surface area contributed by atoms with Crippen molar-refractivity contribution >= 4 is 11.6 Å². The molecule has 1 N–H and O–H groups in total. The molecule has 0 spiro atoms. The molecule has 150 valence electrons. The van der Waals surface area contributed by atoms with E-state index in [0.717, 1.165) is 17.7 Å². The highest BCUT2D eigenvalue weighted by molar-refractivity contribution is 6.03. The molecule has 0 fully saturated rings. The minimum absolute atomic E-state index is 0.0873. The summed E-state index contributed by atoms with van der Waals surface area (Å²) in [5.41, 5.74) is 3.03. The van der Waals surface area contributed by atoms with Crippen LogP contribution in [-0.2, 0) is 6.42 Å². The van der Waals surface area contributed by atoms with Gasteiger partial charge in [-0.05, 0) is 50.6 Å². The molecule has 7 nitrogen and oxygen atoms in total. The third-order valence-corrected chi connectivity index (χ3v) is 4.68. The zero-order valence-electron chi connectivity index (χ0n) is 16.4. The molecule has 0 saturated carbocycles. The summed E-state index contributed by atoms with van der Waals surface area (Å²) in [6.45, 7) is 6.11. The predicted molar refractivity (Wildman–Crippen MR) is 105 cm³/mol. The maximum atomic E-state index is 13.3. The summed E-state index contributed by atoms with van der Waals surface area (Å²) in [5.74, 6) is 0.560. The fraction of sp³-hybridized carbons (Fsp3) is 0.286. The molecule has 0 radical (unpaired) electrons. The number of hydrogen-bond donors (Lipinski definition) is 1. The molecule has 8 heteroatoms. The fourth-order valence-corrected chi connectivity index (χ4v) is 3.36. The lowest BCUT2D eigenvalue weighted by molar-refractivity contribution is 0.102. The Bertz CT molecular complexity index is 1080. The maximum Gasteiger partial charge on any atom is 0.277 e. The number of ether oxygens (including phenoxy) is 2. The third kappa shape index (κ3) is 3.78. The number of fused-ring (bicyclic) bond motifs is 1. The molecule has 0 aliphatic carbocycles. The molecule has 2 heterocycles. The van der Waals surface area contributed by atoms with Crippen LogP contribution in [0.3, 0.4) is 0 Å². The van der Waals surface area contributed by atoms with Crippen LogP contribution in [-0.4, -0.2) is 33.6 Å². The Labute approximate surface area is 167 Å². The molecule has 1 amide bonds. The Hall–Kier alpha value is -3.42. The van der Waals surface area contributed by atoms with E-state index >= 15 is 0 Å². The van der Waals surface area contributed by atoms with Gasteiger partial charge < -0.3 is 14.8 Å². The second kappa shape index (κ2) is 7.54. The van der Waals surface area contributed by atoms with Gasteiger partial charge in [-0.1, -0.05) is 5.21 Å². The number of halogens is 1. The number of aryl methyl sites for hydroxylation is 1. The van der Waals surface area contributed by atoms with E-state index in [-0.39, 0.29) is 17.6 Å². The van der Waals surface area contributed by atoms with Crippen LogP contribution in [0.2, 0.25) is 0 Å². The lowest BCUT2D eigenvalue weighted by Crippen LogP contribution is -2.13. The smallest absolute Gasteiger partial charge is 0.277 e. The molecule has 2 aromatic carbocycles. The van der Waals surface area contributed by atoms with E-state index in [1.807, 2.05) is 19.9 Å². The summed E-state index contributed by atoms with van der Waals surface area (Å²) in [6, 6.07) is 8.00. The highest BCUT2D eigenvalue weighted by atomic mass is 19.1. The molecule has 1 aliphatic heterocycles. The van der Waals surface area contributed by atoms with Crippen LogP contribution >= 0.6 is 0 Å². The van der Waals surface area contributed by atoms with Crippen molar-refractivity contribution < 1.29 is 18.7 Å². The third-order valence-electron chi connectivity index (χ3n) is 4.68. The summed E-state index contributed by atoms with van der Waals surface area (Å²) in [6.07, 6.45) is 2.39. The van der Waals surface area contributed by atoms with Crippen LogP contribution in [0.25, 0.3) is 5.69 Å². The highest BCUT2D eigenvalue weighted by Gasteiger charge is 2.23. The molecule has 4 rings (SSSR count). The van der Waals surface area contributed by atoms with E-state index in [4.69, 9.17) is 9.47 Å². The number of carbonyl (C=O) groups excluding carboxylic acids is 1. The normalized spacial score (nSPS) is 15.0. The first-order valence-corrected chi connectivity index (χ1v) is 9.41. The molecular weight excluding hydrogens is 375 g/mol. The summed E-state index contributed by atoms with van der Waals surface area (Å²) in [7, 11) is 0. The van der Waals surface area contributed by atoms with Crippen molar-refractivity contribution in [3.8, 4) is 17.2 Å². The van der Waals surface area contributed by atoms with Gasteiger partial charge in [0.1, 0.15) is 23.4 Å². The Balaban J connectivity index is 1.59. The van der Waals surface area contributed by atoms with Crippen LogP contribution < -0.4 is 14.8 Å². The van der Waals surface area contributed by atoms with Crippen LogP contribution in [0.15, 0.2) is 36.5 Å². The van der Waals surface area contributed by atoms with Gasteiger partial charge in [0.2, 0.25) is 0 Å². The number of anilines is 1. The van der Waals surface area contributed by atoms with Gasteiger partial charge in [-0.3, -0.25) is 4.79 Å². The monoisotopic (exact) mass is 396 g/mol. The zero-order chi connectivity index (χ0) is 20.5. The predicted octanol–water partition coefficient (Wildman–Crippen LogP) is 3.69. The zero-order valence-corrected chi connectivity index (χ0v) is 16.4. The van der Waals surface area contributed by atoms with Gasteiger partial charge in [-0.15, -0.1) is 5.10 Å². The van der Waals surface area contributed by atoms with Gasteiger partial charge in [0.15, 0.2) is 5.69 Å². The minimum Gasteiger partial charge on any atom is -0.492 e. The fourth-order valence-electron chi connectivity index (χ4n) is 3.36. The van der Waals surface area contributed by atoms with Gasteiger partial charge in [0.25, 0.3) is 5.91 Å². The van der Waals surface area contributed by atoms with E-state index in [1.54, 1.807) is 19.1 Å². The SMILES string of the molecule is CCOc1cc2c(cc1NC(=O)c1cn(-c3ccc(F)cc3C)nn1)OC(C)C2. The topological polar surface area (TPSA) is 78.3 Å². The summed E-state index contributed by atoms with van der Waals surface area (Å²) in [4.78, 5) is 12.7. The van der Waals surface area contributed by atoms with Gasteiger partial charge in [0, 0.05) is 18.1 Å². The molecule has 1 unspecified atom stereocenters. The van der Waals surface area contributed by atoms with Crippen molar-refractivity contribution in [2.45, 2.75) is 33.3 Å². The molecule has 1 aromatic heterocycles. The van der Waals surface area contributed by atoms with Crippen molar-refractivity contribution in [3.05, 3.63) is 59.2 Å². The molecule has 1 atom stereocenters. The van der Waals surface area contributed by atoms with Crippen molar-refractivity contribution in [1.29, 1.82) is 0 Å². The van der Waals surface area contributed by atoms with Gasteiger partial charge in [0.05, 0.1) is 24.2 Å². The van der Waals surface area contributed by atoms with Gasteiger partial charge in [-0.2, -0.15) is 0 Å². The largest absolute Gasteiger partial charge is 0.492 e. The minimum atomic E-state index is -0.428. The van der Waals surface area contributed by atoms with E-state index in [2.05, 4.69) is 15.6 Å². The first-order chi connectivity index (χ1) is 13.9. The molecule has 1 aliphatic rings. The lowest BCUT2D eigenvalue weighted by Gasteiger charge is -2.13. The number of nitrogens with one attached hydrogen (secondary N) is 1. The van der Waals surface area contributed by atoms with E-state index in [9.17, 15) is 9.18 Å². The molecular formula is C21H21FN4O3. The van der Waals surface area contributed by atoms with Crippen LogP contribution in [0.4, 0.5) is 10.1 Å². The van der Waals surface area contributed by atoms with Crippen LogP contribution in [0, 0.1) is 12.7 Å². The highest BCUT2D eigenvalue weighted by Crippen LogP contribution is 2.38. The quantitative estimate of drug-likeness (QED) is 0.712. The van der Waals surface area contributed by atoms with Crippen molar-refractivity contribution in [2.24, 2.45) is 0 Å². The number of carbonyl (C=O) groups is 1. The molecule has 0 bridgehead atoms. The molecule has 3 aromatic rings. The first-order valence-electron chi connectivity index (χ1n) is 9.41. The maximum absolute atomic E-state index is 13.3. The van der Waals surface area contributed by atoms with Crippen molar-refractivity contribution in [3.63, 3.8) is 0 Å². The number of aromatic nitrogens is 3. The van der Waals surface area contributed by atoms with Gasteiger partial charge >= 0.3 is 0 Å². The second-order valence-corrected chi connectivity index (χ2v) is 6.95. The lowest BCUT2D eigenvalue weighted by atomic mass is 10.1. The van der Waals surface area contributed by atoms with E-state index in [1.165, 1.54) is 23.0 Å². The van der Waals surface area contributed by atoms with Crippen molar-refractivity contribution in [1.82, 2.24) is 15.0 Å². The van der Waals surface area contributed by atoms with E-state index in [0.29, 0.717) is 29.3 Å². The van der Waals surface area contributed by atoms with Crippen LogP contribution in [0.1, 0.15) is 35.5 Å². The first kappa shape index (κ1) is 18.9. The second-order valence-electron chi connectivity index (χ2n) is 6.95. The Morgan fingerprint density at radius 2 is 2.21 bits per heavy atom. The Kier molecular flexibility index (Phi) is 4.92. The molecule has 0 saturated heterocycles. The standard InChI is InChI=1S/C21H21FN4O3/c1-4-28-20-9-14-8-13(3)29-19(14)10-16(20)23-21(27)17-11-26(25-24-17)18-6-5-15(22)7-12(18)2/h5-7,9-11,13H,4,8H2,1-3H3,(H,23,27). The average Bonchev–Trinajstić information content (AvgIpc) is 3.28. The van der Waals surface area contributed by atoms with Crippen molar-refractivity contribution in [2.75, 3.05) is 11.9 Å². The summed E-state index contributed by atoms with van der Waals surface area (Å²) >= 11 is 0. The Morgan fingerprint density at radius 3 is 2.97 bits per heavy atom. The average molecular weight is 396 g/mol. The number of amides is 1. The number of rotatable bonds is 5. The number of nitrogens with zero attached hydrogens (tertiary/aromatic N) is 3. The van der Waals surface area contributed by atoms with Gasteiger partial charge in [-0.25, -0.2) is 9.07 Å². The number of benzene rings is 2. The van der Waals surface area contributed by atoms with Crippen LogP contribution in [0.5, 0.6) is 11.5 Å².